The molecule has 140 valence electrons. The average Bonchev–Trinajstić information content (AvgIpc) is 2.70. The van der Waals surface area contributed by atoms with Crippen LogP contribution in [0, 0.1) is 5.92 Å². The lowest BCUT2D eigenvalue weighted by molar-refractivity contribution is 0.0949. The third-order valence-electron chi connectivity index (χ3n) is 4.35. The van der Waals surface area contributed by atoms with E-state index in [-0.39, 0.29) is 5.91 Å². The first-order valence-corrected chi connectivity index (χ1v) is 9.14. The van der Waals surface area contributed by atoms with Crippen LogP contribution in [0.4, 0.5) is 0 Å². The molecule has 0 saturated carbocycles. The van der Waals surface area contributed by atoms with E-state index in [9.17, 15) is 4.79 Å². The fraction of sp³-hybridized carbons (Fsp3) is 0.261. The van der Waals surface area contributed by atoms with Crippen molar-refractivity contribution < 1.29 is 14.3 Å². The van der Waals surface area contributed by atoms with Crippen LogP contribution in [0.15, 0.2) is 60.7 Å². The molecule has 1 N–H and O–H groups in total. The predicted molar refractivity (Wildman–Crippen MR) is 108 cm³/mol. The Hall–Kier alpha value is -3.01. The first-order chi connectivity index (χ1) is 13.1. The van der Waals surface area contributed by atoms with Crippen molar-refractivity contribution in [3.8, 4) is 11.5 Å². The molecule has 3 aromatic rings. The van der Waals surface area contributed by atoms with Gasteiger partial charge in [-0.15, -0.1) is 0 Å². The number of nitrogens with one attached hydrogen (secondary N) is 1. The Morgan fingerprint density at radius 1 is 1.00 bits per heavy atom. The van der Waals surface area contributed by atoms with Crippen LogP contribution in [0.2, 0.25) is 0 Å². The highest BCUT2D eigenvalue weighted by atomic mass is 16.5. The lowest BCUT2D eigenvalue weighted by atomic mass is 10.1. The van der Waals surface area contributed by atoms with Crippen molar-refractivity contribution in [3.05, 3.63) is 71.8 Å². The van der Waals surface area contributed by atoms with Crippen LogP contribution in [-0.2, 0) is 6.61 Å². The molecule has 0 saturated heterocycles. The molecule has 27 heavy (non-hydrogen) atoms. The van der Waals surface area contributed by atoms with E-state index >= 15 is 0 Å². The molecular formula is C23H25NO3. The van der Waals surface area contributed by atoms with Gasteiger partial charge in [-0.2, -0.15) is 0 Å². The minimum absolute atomic E-state index is 0.0854. The standard InChI is InChI=1S/C23H25NO3/c1-16(2)14-24-23(25)18-11-12-21(26-3)19(13-18)15-27-22-10-6-8-17-7-4-5-9-20(17)22/h4-13,16H,14-15H2,1-3H3,(H,24,25). The summed E-state index contributed by atoms with van der Waals surface area (Å²) in [5.41, 5.74) is 1.44. The lowest BCUT2D eigenvalue weighted by Crippen LogP contribution is -2.27. The minimum atomic E-state index is -0.0854. The topological polar surface area (TPSA) is 47.6 Å². The van der Waals surface area contributed by atoms with E-state index in [1.165, 1.54) is 0 Å². The summed E-state index contributed by atoms with van der Waals surface area (Å²) in [6, 6.07) is 19.5. The smallest absolute Gasteiger partial charge is 0.251 e. The Kier molecular flexibility index (Phi) is 5.97. The molecule has 0 radical (unpaired) electrons. The van der Waals surface area contributed by atoms with Crippen molar-refractivity contribution in [1.29, 1.82) is 0 Å². The van der Waals surface area contributed by atoms with Crippen LogP contribution in [0.5, 0.6) is 11.5 Å². The van der Waals surface area contributed by atoms with Gasteiger partial charge in [0.15, 0.2) is 0 Å². The molecular weight excluding hydrogens is 338 g/mol. The van der Waals surface area contributed by atoms with Gasteiger partial charge in [0.2, 0.25) is 0 Å². The zero-order valence-electron chi connectivity index (χ0n) is 16.0. The van der Waals surface area contributed by atoms with Gasteiger partial charge in [-0.3, -0.25) is 4.79 Å². The highest BCUT2D eigenvalue weighted by Gasteiger charge is 2.12. The van der Waals surface area contributed by atoms with Gasteiger partial charge in [-0.25, -0.2) is 0 Å². The molecule has 4 heteroatoms. The summed E-state index contributed by atoms with van der Waals surface area (Å²) in [4.78, 5) is 12.4. The summed E-state index contributed by atoms with van der Waals surface area (Å²) in [5.74, 6) is 1.83. The Bertz CT molecular complexity index is 929. The molecule has 0 spiro atoms. The van der Waals surface area contributed by atoms with Crippen molar-refractivity contribution in [2.24, 2.45) is 5.92 Å². The molecule has 0 unspecified atom stereocenters. The first-order valence-electron chi connectivity index (χ1n) is 9.14. The summed E-state index contributed by atoms with van der Waals surface area (Å²) in [6.07, 6.45) is 0. The molecule has 0 bridgehead atoms. The quantitative estimate of drug-likeness (QED) is 0.655. The van der Waals surface area contributed by atoms with E-state index in [4.69, 9.17) is 9.47 Å². The second-order valence-corrected chi connectivity index (χ2v) is 6.90. The fourth-order valence-electron chi connectivity index (χ4n) is 2.91. The van der Waals surface area contributed by atoms with E-state index in [2.05, 4.69) is 31.3 Å². The van der Waals surface area contributed by atoms with E-state index in [0.717, 1.165) is 22.1 Å². The Morgan fingerprint density at radius 3 is 2.56 bits per heavy atom. The number of amides is 1. The largest absolute Gasteiger partial charge is 0.496 e. The van der Waals surface area contributed by atoms with Crippen molar-refractivity contribution in [3.63, 3.8) is 0 Å². The van der Waals surface area contributed by atoms with E-state index < -0.39 is 0 Å². The lowest BCUT2D eigenvalue weighted by Gasteiger charge is -2.14. The van der Waals surface area contributed by atoms with Gasteiger partial charge >= 0.3 is 0 Å². The summed E-state index contributed by atoms with van der Waals surface area (Å²) in [5, 5.41) is 5.13. The van der Waals surface area contributed by atoms with Crippen molar-refractivity contribution in [1.82, 2.24) is 5.32 Å². The Morgan fingerprint density at radius 2 is 1.78 bits per heavy atom. The van der Waals surface area contributed by atoms with Gasteiger partial charge in [-0.05, 0) is 35.6 Å². The maximum absolute atomic E-state index is 12.4. The predicted octanol–water partition coefficient (Wildman–Crippen LogP) is 4.81. The van der Waals surface area contributed by atoms with Crippen LogP contribution in [0.25, 0.3) is 10.8 Å². The first kappa shape index (κ1) is 18.8. The van der Waals surface area contributed by atoms with Crippen LogP contribution in [0.3, 0.4) is 0 Å². The molecule has 0 fully saturated rings. The normalized spacial score (nSPS) is 10.8. The van der Waals surface area contributed by atoms with Gasteiger partial charge < -0.3 is 14.8 Å². The van der Waals surface area contributed by atoms with E-state index in [1.54, 1.807) is 13.2 Å². The van der Waals surface area contributed by atoms with Crippen molar-refractivity contribution in [2.75, 3.05) is 13.7 Å². The van der Waals surface area contributed by atoms with Crippen molar-refractivity contribution in [2.45, 2.75) is 20.5 Å². The zero-order chi connectivity index (χ0) is 19.2. The number of hydrogen-bond acceptors (Lipinski definition) is 3. The number of ether oxygens (including phenoxy) is 2. The van der Waals surface area contributed by atoms with Gasteiger partial charge in [0.25, 0.3) is 5.91 Å². The Labute approximate surface area is 160 Å². The molecule has 1 amide bonds. The molecule has 4 nitrogen and oxygen atoms in total. The van der Waals surface area contributed by atoms with Crippen molar-refractivity contribution >= 4 is 16.7 Å². The monoisotopic (exact) mass is 363 g/mol. The number of carbonyl (C=O) groups excluding carboxylic acids is 1. The molecule has 3 aromatic carbocycles. The average molecular weight is 363 g/mol. The number of fused-ring (bicyclic) bond motifs is 1. The minimum Gasteiger partial charge on any atom is -0.496 e. The van der Waals surface area contributed by atoms with Gasteiger partial charge in [0.1, 0.15) is 18.1 Å². The third kappa shape index (κ3) is 4.59. The van der Waals surface area contributed by atoms with Gasteiger partial charge in [0, 0.05) is 23.1 Å². The second kappa shape index (κ2) is 8.58. The van der Waals surface area contributed by atoms with Gasteiger partial charge in [0.05, 0.1) is 7.11 Å². The zero-order valence-corrected chi connectivity index (χ0v) is 16.0. The molecule has 0 aliphatic rings. The van der Waals surface area contributed by atoms with E-state index in [0.29, 0.717) is 30.4 Å². The molecule has 0 atom stereocenters. The number of benzene rings is 3. The summed E-state index contributed by atoms with van der Waals surface area (Å²) >= 11 is 0. The molecule has 3 rings (SSSR count). The van der Waals surface area contributed by atoms with Gasteiger partial charge in [-0.1, -0.05) is 50.2 Å². The molecule has 0 aliphatic heterocycles. The summed E-state index contributed by atoms with van der Waals surface area (Å²) < 4.78 is 11.5. The highest BCUT2D eigenvalue weighted by Crippen LogP contribution is 2.28. The molecule has 0 aliphatic carbocycles. The number of carbonyl (C=O) groups is 1. The van der Waals surface area contributed by atoms with E-state index in [1.807, 2.05) is 42.5 Å². The van der Waals surface area contributed by atoms with Crippen LogP contribution < -0.4 is 14.8 Å². The van der Waals surface area contributed by atoms with Crippen LogP contribution >= 0.6 is 0 Å². The Balaban J connectivity index is 1.80. The highest BCUT2D eigenvalue weighted by molar-refractivity contribution is 5.94. The second-order valence-electron chi connectivity index (χ2n) is 6.90. The summed E-state index contributed by atoms with van der Waals surface area (Å²) in [7, 11) is 1.62. The number of methoxy groups -OCH3 is 1. The summed E-state index contributed by atoms with van der Waals surface area (Å²) in [6.45, 7) is 5.10. The number of rotatable bonds is 7. The van der Waals surface area contributed by atoms with Crippen LogP contribution in [0.1, 0.15) is 29.8 Å². The molecule has 0 aromatic heterocycles. The fourth-order valence-corrected chi connectivity index (χ4v) is 2.91. The number of hydrogen-bond donors (Lipinski definition) is 1. The molecule has 0 heterocycles. The van der Waals surface area contributed by atoms with Crippen LogP contribution in [-0.4, -0.2) is 19.6 Å². The SMILES string of the molecule is COc1ccc(C(=O)NCC(C)C)cc1COc1cccc2ccccc12. The third-order valence-corrected chi connectivity index (χ3v) is 4.35. The maximum Gasteiger partial charge on any atom is 0.251 e. The maximum atomic E-state index is 12.4.